The molecule has 0 bridgehead atoms. The second-order valence-corrected chi connectivity index (χ2v) is 7.43. The molecule has 0 fully saturated rings. The van der Waals surface area contributed by atoms with Crippen LogP contribution in [-0.4, -0.2) is 32.3 Å². The van der Waals surface area contributed by atoms with Gasteiger partial charge in [-0.1, -0.05) is 36.4 Å². The maximum absolute atomic E-state index is 12.1. The van der Waals surface area contributed by atoms with Crippen LogP contribution in [0.4, 0.5) is 0 Å². The summed E-state index contributed by atoms with van der Waals surface area (Å²) >= 11 is 0. The van der Waals surface area contributed by atoms with Crippen LogP contribution < -0.4 is 9.46 Å². The topological polar surface area (TPSA) is 94.3 Å². The Balaban J connectivity index is 1.56. The molecule has 0 saturated carbocycles. The molecule has 0 radical (unpaired) electrons. The standard InChI is InChI=1S/C18H19N3O4S/c1-24-16-9-5-8-15(12-16)18-21-20-17(25-18)10-11-19-26(22,23)13-14-6-3-2-4-7-14/h2-9,12,19H,10-11,13H2,1H3. The third-order valence-electron chi connectivity index (χ3n) is 3.64. The molecule has 0 amide bonds. The molecule has 0 unspecified atom stereocenters. The highest BCUT2D eigenvalue weighted by Gasteiger charge is 2.13. The lowest BCUT2D eigenvalue weighted by Gasteiger charge is -2.05. The molecule has 7 nitrogen and oxygen atoms in total. The zero-order valence-corrected chi connectivity index (χ0v) is 15.1. The fourth-order valence-corrected chi connectivity index (χ4v) is 3.53. The van der Waals surface area contributed by atoms with E-state index < -0.39 is 10.0 Å². The number of sulfonamides is 1. The van der Waals surface area contributed by atoms with Gasteiger partial charge in [-0.2, -0.15) is 0 Å². The molecule has 0 aliphatic rings. The van der Waals surface area contributed by atoms with Crippen LogP contribution in [0.25, 0.3) is 11.5 Å². The van der Waals surface area contributed by atoms with Crippen LogP contribution >= 0.6 is 0 Å². The van der Waals surface area contributed by atoms with Gasteiger partial charge in [0.2, 0.25) is 21.8 Å². The normalized spacial score (nSPS) is 11.4. The van der Waals surface area contributed by atoms with Gasteiger partial charge < -0.3 is 9.15 Å². The highest BCUT2D eigenvalue weighted by Crippen LogP contribution is 2.22. The molecule has 0 atom stereocenters. The molecule has 2 aromatic carbocycles. The molecule has 0 aliphatic carbocycles. The molecule has 3 aromatic rings. The van der Waals surface area contributed by atoms with Gasteiger partial charge in [0, 0.05) is 18.5 Å². The predicted molar refractivity (Wildman–Crippen MR) is 97.1 cm³/mol. The van der Waals surface area contributed by atoms with E-state index in [0.717, 1.165) is 11.1 Å². The van der Waals surface area contributed by atoms with Crippen LogP contribution in [0.5, 0.6) is 5.75 Å². The number of nitrogens with one attached hydrogen (secondary N) is 1. The van der Waals surface area contributed by atoms with Crippen LogP contribution in [0.15, 0.2) is 59.0 Å². The van der Waals surface area contributed by atoms with Crippen LogP contribution in [0, 0.1) is 0 Å². The average Bonchev–Trinajstić information content (AvgIpc) is 3.11. The fraction of sp³-hybridized carbons (Fsp3) is 0.222. The minimum absolute atomic E-state index is 0.0628. The maximum atomic E-state index is 12.1. The zero-order chi connectivity index (χ0) is 18.4. The quantitative estimate of drug-likeness (QED) is 0.652. The summed E-state index contributed by atoms with van der Waals surface area (Å²) in [5, 5.41) is 7.95. The van der Waals surface area contributed by atoms with E-state index in [1.165, 1.54) is 0 Å². The van der Waals surface area contributed by atoms with Crippen molar-refractivity contribution < 1.29 is 17.6 Å². The van der Waals surface area contributed by atoms with Crippen LogP contribution in [0.2, 0.25) is 0 Å². The van der Waals surface area contributed by atoms with Gasteiger partial charge in [-0.25, -0.2) is 13.1 Å². The van der Waals surface area contributed by atoms with Crippen LogP contribution in [0.3, 0.4) is 0 Å². The van der Waals surface area contributed by atoms with E-state index >= 15 is 0 Å². The van der Waals surface area contributed by atoms with Crippen LogP contribution in [0.1, 0.15) is 11.5 Å². The summed E-state index contributed by atoms with van der Waals surface area (Å²) in [5.41, 5.74) is 1.48. The van der Waals surface area contributed by atoms with Crippen molar-refractivity contribution in [1.82, 2.24) is 14.9 Å². The van der Waals surface area contributed by atoms with Crippen molar-refractivity contribution in [2.24, 2.45) is 0 Å². The molecule has 8 heteroatoms. The Kier molecular flexibility index (Phi) is 5.65. The third kappa shape index (κ3) is 4.90. The second-order valence-electron chi connectivity index (χ2n) is 5.62. The van der Waals surface area contributed by atoms with E-state index in [9.17, 15) is 8.42 Å². The van der Waals surface area contributed by atoms with E-state index in [2.05, 4.69) is 14.9 Å². The molecular formula is C18H19N3O4S. The zero-order valence-electron chi connectivity index (χ0n) is 14.3. The van der Waals surface area contributed by atoms with Gasteiger partial charge in [-0.15, -0.1) is 10.2 Å². The average molecular weight is 373 g/mol. The Morgan fingerprint density at radius 1 is 1.08 bits per heavy atom. The SMILES string of the molecule is COc1cccc(-c2nnc(CCNS(=O)(=O)Cc3ccccc3)o2)c1. The van der Waals surface area contributed by atoms with Crippen molar-refractivity contribution in [2.75, 3.05) is 13.7 Å². The third-order valence-corrected chi connectivity index (χ3v) is 5.00. The molecule has 1 heterocycles. The first kappa shape index (κ1) is 18.1. The van der Waals surface area contributed by atoms with Gasteiger partial charge in [0.25, 0.3) is 0 Å². The molecule has 26 heavy (non-hydrogen) atoms. The van der Waals surface area contributed by atoms with E-state index in [-0.39, 0.29) is 12.3 Å². The van der Waals surface area contributed by atoms with Gasteiger partial charge in [0.15, 0.2) is 0 Å². The molecule has 1 aromatic heterocycles. The first-order chi connectivity index (χ1) is 12.6. The summed E-state index contributed by atoms with van der Waals surface area (Å²) in [7, 11) is -1.83. The van der Waals surface area contributed by atoms with Crippen molar-refractivity contribution in [3.63, 3.8) is 0 Å². The largest absolute Gasteiger partial charge is 0.497 e. The summed E-state index contributed by atoms with van der Waals surface area (Å²) in [6.07, 6.45) is 0.311. The highest BCUT2D eigenvalue weighted by atomic mass is 32.2. The first-order valence-electron chi connectivity index (χ1n) is 8.04. The lowest BCUT2D eigenvalue weighted by atomic mass is 10.2. The van der Waals surface area contributed by atoms with Gasteiger partial charge in [-0.05, 0) is 23.8 Å². The van der Waals surface area contributed by atoms with Gasteiger partial charge in [0.1, 0.15) is 5.75 Å². The summed E-state index contributed by atoms with van der Waals surface area (Å²) in [5.74, 6) is 1.36. The first-order valence-corrected chi connectivity index (χ1v) is 9.69. The van der Waals surface area contributed by atoms with Crippen molar-refractivity contribution in [3.8, 4) is 17.2 Å². The number of nitrogens with zero attached hydrogens (tertiary/aromatic N) is 2. The molecular weight excluding hydrogens is 354 g/mol. The number of hydrogen-bond acceptors (Lipinski definition) is 6. The number of methoxy groups -OCH3 is 1. The van der Waals surface area contributed by atoms with Crippen molar-refractivity contribution in [1.29, 1.82) is 0 Å². The minimum atomic E-state index is -3.42. The summed E-state index contributed by atoms with van der Waals surface area (Å²) in [6, 6.07) is 16.3. The van der Waals surface area contributed by atoms with Gasteiger partial charge in [-0.3, -0.25) is 0 Å². The molecule has 0 saturated heterocycles. The second kappa shape index (κ2) is 8.11. The smallest absolute Gasteiger partial charge is 0.247 e. The summed E-state index contributed by atoms with van der Waals surface area (Å²) < 4.78 is 37.5. The van der Waals surface area contributed by atoms with Crippen molar-refractivity contribution >= 4 is 10.0 Å². The van der Waals surface area contributed by atoms with E-state index in [1.54, 1.807) is 25.3 Å². The monoisotopic (exact) mass is 373 g/mol. The molecule has 3 rings (SSSR count). The van der Waals surface area contributed by atoms with Gasteiger partial charge in [0.05, 0.1) is 12.9 Å². The number of ether oxygens (including phenoxy) is 1. The minimum Gasteiger partial charge on any atom is -0.497 e. The van der Waals surface area contributed by atoms with Gasteiger partial charge >= 0.3 is 0 Å². The number of hydrogen-bond donors (Lipinski definition) is 1. The Hall–Kier alpha value is -2.71. The fourth-order valence-electron chi connectivity index (χ4n) is 2.39. The highest BCUT2D eigenvalue weighted by molar-refractivity contribution is 7.88. The van der Waals surface area contributed by atoms with Crippen LogP contribution in [-0.2, 0) is 22.2 Å². The molecule has 0 aliphatic heterocycles. The summed E-state index contributed by atoms with van der Waals surface area (Å²) in [6.45, 7) is 0.189. The number of benzene rings is 2. The molecule has 0 spiro atoms. The lowest BCUT2D eigenvalue weighted by molar-refractivity contribution is 0.414. The molecule has 1 N–H and O–H groups in total. The Morgan fingerprint density at radius 2 is 1.88 bits per heavy atom. The van der Waals surface area contributed by atoms with E-state index in [4.69, 9.17) is 9.15 Å². The Bertz CT molecular complexity index is 955. The number of rotatable bonds is 8. The van der Waals surface area contributed by atoms with E-state index in [1.807, 2.05) is 36.4 Å². The van der Waals surface area contributed by atoms with Crippen molar-refractivity contribution in [2.45, 2.75) is 12.2 Å². The predicted octanol–water partition coefficient (Wildman–Crippen LogP) is 2.41. The Labute approximate surface area is 152 Å². The maximum Gasteiger partial charge on any atom is 0.247 e. The Morgan fingerprint density at radius 3 is 2.65 bits per heavy atom. The lowest BCUT2D eigenvalue weighted by Crippen LogP contribution is -2.27. The number of aromatic nitrogens is 2. The van der Waals surface area contributed by atoms with E-state index in [0.29, 0.717) is 24.0 Å². The van der Waals surface area contributed by atoms with Crippen molar-refractivity contribution in [3.05, 3.63) is 66.1 Å². The molecule has 136 valence electrons. The summed E-state index contributed by atoms with van der Waals surface area (Å²) in [4.78, 5) is 0.